The standard InChI is InChI=1S/C23H40O8/c1-3-5-7-9-11-13-19(24)17-30-23(31-22(28)16-15-20(25)26)18-29-21(27)14-12-10-8-6-4-2/h23H,3-18H2,1-2H3,(H,25,26)/p-1. The normalized spacial score (nSPS) is 11.7. The number of hydrogen-bond donors (Lipinski definition) is 0. The molecule has 0 spiro atoms. The van der Waals surface area contributed by atoms with Crippen molar-refractivity contribution in [2.75, 3.05) is 13.2 Å². The second kappa shape index (κ2) is 20.0. The lowest BCUT2D eigenvalue weighted by atomic mass is 10.1. The van der Waals surface area contributed by atoms with E-state index in [0.29, 0.717) is 12.8 Å². The topological polar surface area (TPSA) is 119 Å². The van der Waals surface area contributed by atoms with Crippen LogP contribution in [-0.4, -0.2) is 43.2 Å². The van der Waals surface area contributed by atoms with Crippen LogP contribution in [0.3, 0.4) is 0 Å². The van der Waals surface area contributed by atoms with Gasteiger partial charge in [-0.05, 0) is 19.3 Å². The number of ketones is 1. The van der Waals surface area contributed by atoms with Gasteiger partial charge >= 0.3 is 11.9 Å². The predicted molar refractivity (Wildman–Crippen MR) is 113 cm³/mol. The molecule has 0 radical (unpaired) electrons. The fraction of sp³-hybridized carbons (Fsp3) is 0.826. The largest absolute Gasteiger partial charge is 0.550 e. The molecule has 0 aliphatic carbocycles. The minimum absolute atomic E-state index is 0.130. The van der Waals surface area contributed by atoms with Crippen molar-refractivity contribution in [1.82, 2.24) is 0 Å². The van der Waals surface area contributed by atoms with Gasteiger partial charge in [-0.2, -0.15) is 0 Å². The molecule has 0 aromatic heterocycles. The number of Topliss-reactive ketones (excluding diaryl/α,β-unsaturated/α-hetero) is 1. The van der Waals surface area contributed by atoms with Gasteiger partial charge in [-0.3, -0.25) is 14.4 Å². The monoisotopic (exact) mass is 443 g/mol. The Morgan fingerprint density at radius 2 is 1.29 bits per heavy atom. The first-order chi connectivity index (χ1) is 14.9. The molecule has 180 valence electrons. The summed E-state index contributed by atoms with van der Waals surface area (Å²) < 4.78 is 15.5. The maximum atomic E-state index is 12.0. The average molecular weight is 444 g/mol. The molecular weight excluding hydrogens is 404 g/mol. The first-order valence-electron chi connectivity index (χ1n) is 11.6. The van der Waals surface area contributed by atoms with Crippen LogP contribution < -0.4 is 5.11 Å². The Morgan fingerprint density at radius 1 is 0.710 bits per heavy atom. The van der Waals surface area contributed by atoms with Crippen LogP contribution in [0.25, 0.3) is 0 Å². The highest BCUT2D eigenvalue weighted by Crippen LogP contribution is 2.09. The van der Waals surface area contributed by atoms with E-state index in [1.807, 2.05) is 0 Å². The fourth-order valence-corrected chi connectivity index (χ4v) is 2.82. The molecule has 0 rings (SSSR count). The number of ether oxygens (including phenoxy) is 3. The SMILES string of the molecule is CCCCCCCC(=O)COC(COC(=O)CCCCCCC)OC(=O)CCC(=O)[O-]. The molecular formula is C23H39O8-. The Morgan fingerprint density at radius 3 is 1.87 bits per heavy atom. The number of carbonyl (C=O) groups excluding carboxylic acids is 4. The van der Waals surface area contributed by atoms with Gasteiger partial charge in [0.2, 0.25) is 6.29 Å². The maximum Gasteiger partial charge on any atom is 0.308 e. The maximum absolute atomic E-state index is 12.0. The summed E-state index contributed by atoms with van der Waals surface area (Å²) in [5, 5.41) is 10.5. The smallest absolute Gasteiger partial charge is 0.308 e. The summed E-state index contributed by atoms with van der Waals surface area (Å²) in [4.78, 5) is 46.1. The number of rotatable bonds is 21. The molecule has 8 nitrogen and oxygen atoms in total. The molecule has 0 N–H and O–H groups in total. The molecule has 0 saturated heterocycles. The molecule has 31 heavy (non-hydrogen) atoms. The third-order valence-electron chi connectivity index (χ3n) is 4.65. The summed E-state index contributed by atoms with van der Waals surface area (Å²) in [6, 6.07) is 0. The quantitative estimate of drug-likeness (QED) is 0.151. The Balaban J connectivity index is 4.37. The van der Waals surface area contributed by atoms with E-state index in [2.05, 4.69) is 13.8 Å². The van der Waals surface area contributed by atoms with Crippen LogP contribution in [0.5, 0.6) is 0 Å². The summed E-state index contributed by atoms with van der Waals surface area (Å²) in [5.41, 5.74) is 0. The molecule has 8 heteroatoms. The van der Waals surface area contributed by atoms with E-state index in [-0.39, 0.29) is 31.8 Å². The fourth-order valence-electron chi connectivity index (χ4n) is 2.82. The minimum Gasteiger partial charge on any atom is -0.550 e. The van der Waals surface area contributed by atoms with E-state index in [0.717, 1.165) is 57.8 Å². The molecule has 0 aromatic rings. The van der Waals surface area contributed by atoms with Crippen molar-refractivity contribution in [3.05, 3.63) is 0 Å². The molecule has 0 heterocycles. The third kappa shape index (κ3) is 19.7. The van der Waals surface area contributed by atoms with Crippen LogP contribution in [0.15, 0.2) is 0 Å². The van der Waals surface area contributed by atoms with Crippen molar-refractivity contribution in [3.8, 4) is 0 Å². The van der Waals surface area contributed by atoms with Crippen LogP contribution in [0.2, 0.25) is 0 Å². The second-order valence-electron chi connectivity index (χ2n) is 7.65. The van der Waals surface area contributed by atoms with Crippen LogP contribution in [0, 0.1) is 0 Å². The van der Waals surface area contributed by atoms with Gasteiger partial charge in [-0.15, -0.1) is 0 Å². The van der Waals surface area contributed by atoms with Gasteiger partial charge in [-0.1, -0.05) is 65.2 Å². The number of carboxylic acids is 1. The molecule has 0 fully saturated rings. The van der Waals surface area contributed by atoms with Crippen molar-refractivity contribution in [1.29, 1.82) is 0 Å². The number of aliphatic carboxylic acids is 1. The van der Waals surface area contributed by atoms with E-state index in [1.54, 1.807) is 0 Å². The average Bonchev–Trinajstić information content (AvgIpc) is 2.73. The molecule has 1 unspecified atom stereocenters. The van der Waals surface area contributed by atoms with Crippen molar-refractivity contribution in [2.45, 2.75) is 110 Å². The zero-order valence-electron chi connectivity index (χ0n) is 19.2. The van der Waals surface area contributed by atoms with Crippen LogP contribution >= 0.6 is 0 Å². The lowest BCUT2D eigenvalue weighted by Gasteiger charge is -2.18. The lowest BCUT2D eigenvalue weighted by Crippen LogP contribution is -2.31. The number of unbranched alkanes of at least 4 members (excludes halogenated alkanes) is 8. The van der Waals surface area contributed by atoms with E-state index in [1.165, 1.54) is 0 Å². The molecule has 1 atom stereocenters. The van der Waals surface area contributed by atoms with E-state index >= 15 is 0 Å². The Hall–Kier alpha value is -1.96. The van der Waals surface area contributed by atoms with Crippen LogP contribution in [0.1, 0.15) is 104 Å². The van der Waals surface area contributed by atoms with E-state index in [9.17, 15) is 24.3 Å². The Bertz CT molecular complexity index is 488. The lowest BCUT2D eigenvalue weighted by molar-refractivity contribution is -0.305. The van der Waals surface area contributed by atoms with Crippen molar-refractivity contribution in [3.63, 3.8) is 0 Å². The van der Waals surface area contributed by atoms with Crippen LogP contribution in [-0.2, 0) is 33.4 Å². The van der Waals surface area contributed by atoms with Gasteiger partial charge in [0.15, 0.2) is 12.4 Å². The van der Waals surface area contributed by atoms with Gasteiger partial charge in [0.1, 0.15) is 6.61 Å². The summed E-state index contributed by atoms with van der Waals surface area (Å²) in [6.07, 6.45) is 8.54. The highest BCUT2D eigenvalue weighted by atomic mass is 16.7. The van der Waals surface area contributed by atoms with Gasteiger partial charge < -0.3 is 24.1 Å². The zero-order chi connectivity index (χ0) is 23.3. The zero-order valence-corrected chi connectivity index (χ0v) is 19.2. The van der Waals surface area contributed by atoms with Crippen LogP contribution in [0.4, 0.5) is 0 Å². The Kier molecular flexibility index (Phi) is 18.7. The van der Waals surface area contributed by atoms with Gasteiger partial charge in [-0.25, -0.2) is 0 Å². The first kappa shape index (κ1) is 29.0. The summed E-state index contributed by atoms with van der Waals surface area (Å²) in [5.74, 6) is -2.76. The number of carboxylic acid groups (broad SMARTS) is 1. The summed E-state index contributed by atoms with van der Waals surface area (Å²) >= 11 is 0. The summed E-state index contributed by atoms with van der Waals surface area (Å²) in [7, 11) is 0. The van der Waals surface area contributed by atoms with Gasteiger partial charge in [0, 0.05) is 18.8 Å². The molecule has 0 saturated carbocycles. The van der Waals surface area contributed by atoms with E-state index in [4.69, 9.17) is 14.2 Å². The summed E-state index contributed by atoms with van der Waals surface area (Å²) in [6.45, 7) is 3.63. The predicted octanol–water partition coefficient (Wildman–Crippen LogP) is 3.24. The van der Waals surface area contributed by atoms with Crippen molar-refractivity contribution < 1.29 is 38.5 Å². The number of carbonyl (C=O) groups is 4. The second-order valence-corrected chi connectivity index (χ2v) is 7.65. The molecule has 0 bridgehead atoms. The minimum atomic E-state index is -1.37. The number of esters is 2. The molecule has 0 aliphatic rings. The van der Waals surface area contributed by atoms with Gasteiger partial charge in [0.25, 0.3) is 0 Å². The first-order valence-corrected chi connectivity index (χ1v) is 11.6. The number of hydrogen-bond acceptors (Lipinski definition) is 8. The third-order valence-corrected chi connectivity index (χ3v) is 4.65. The Labute approximate surface area is 186 Å². The van der Waals surface area contributed by atoms with Crippen molar-refractivity contribution >= 4 is 23.7 Å². The molecule has 0 amide bonds. The highest BCUT2D eigenvalue weighted by molar-refractivity contribution is 5.79. The highest BCUT2D eigenvalue weighted by Gasteiger charge is 2.19. The van der Waals surface area contributed by atoms with Crippen molar-refractivity contribution in [2.24, 2.45) is 0 Å². The molecule has 0 aliphatic heterocycles. The van der Waals surface area contributed by atoms with Gasteiger partial charge in [0.05, 0.1) is 6.42 Å². The molecule has 0 aromatic carbocycles. The van der Waals surface area contributed by atoms with E-state index < -0.39 is 30.6 Å².